The van der Waals surface area contributed by atoms with Gasteiger partial charge in [0.25, 0.3) is 0 Å². The zero-order chi connectivity index (χ0) is 14.0. The van der Waals surface area contributed by atoms with Crippen LogP contribution in [0.3, 0.4) is 0 Å². The van der Waals surface area contributed by atoms with E-state index in [0.29, 0.717) is 28.9 Å². The highest BCUT2D eigenvalue weighted by atomic mass is 79.9. The van der Waals surface area contributed by atoms with Crippen LogP contribution in [-0.2, 0) is 0 Å². The minimum atomic E-state index is -0.237. The van der Waals surface area contributed by atoms with E-state index in [2.05, 4.69) is 22.9 Å². The molecule has 0 amide bonds. The van der Waals surface area contributed by atoms with Crippen LogP contribution in [-0.4, -0.2) is 14.2 Å². The van der Waals surface area contributed by atoms with Gasteiger partial charge in [-0.2, -0.15) is 0 Å². The Balaban J connectivity index is 2.33. The molecule has 1 aliphatic carbocycles. The Morgan fingerprint density at radius 2 is 1.84 bits per heavy atom. The van der Waals surface area contributed by atoms with Crippen molar-refractivity contribution in [2.75, 3.05) is 14.2 Å². The van der Waals surface area contributed by atoms with Crippen molar-refractivity contribution in [1.29, 1.82) is 0 Å². The van der Waals surface area contributed by atoms with Crippen LogP contribution >= 0.6 is 15.9 Å². The van der Waals surface area contributed by atoms with Gasteiger partial charge in [0.05, 0.1) is 14.2 Å². The maximum atomic E-state index is 14.2. The zero-order valence-electron chi connectivity index (χ0n) is 11.6. The number of hydrogen-bond donors (Lipinski definition) is 0. The van der Waals surface area contributed by atoms with Gasteiger partial charge < -0.3 is 9.47 Å². The van der Waals surface area contributed by atoms with Crippen LogP contribution in [0.4, 0.5) is 4.39 Å². The average Bonchev–Trinajstić information content (AvgIpc) is 2.83. The highest BCUT2D eigenvalue weighted by Crippen LogP contribution is 2.46. The molecule has 0 spiro atoms. The summed E-state index contributed by atoms with van der Waals surface area (Å²) < 4.78 is 24.6. The molecule has 0 radical (unpaired) electrons. The maximum absolute atomic E-state index is 14.2. The number of halogens is 2. The molecular formula is C15H20BrFO2. The first kappa shape index (κ1) is 14.6. The van der Waals surface area contributed by atoms with E-state index >= 15 is 0 Å². The van der Waals surface area contributed by atoms with Crippen LogP contribution in [0.25, 0.3) is 0 Å². The van der Waals surface area contributed by atoms with E-state index < -0.39 is 0 Å². The molecule has 0 N–H and O–H groups in total. The Bertz CT molecular complexity index is 450. The molecule has 0 aromatic heterocycles. The van der Waals surface area contributed by atoms with Gasteiger partial charge in [0, 0.05) is 16.5 Å². The number of benzene rings is 1. The Labute approximate surface area is 122 Å². The molecule has 1 saturated carbocycles. The highest BCUT2D eigenvalue weighted by Gasteiger charge is 2.32. The lowest BCUT2D eigenvalue weighted by atomic mass is 9.90. The third-order valence-corrected chi connectivity index (χ3v) is 5.28. The van der Waals surface area contributed by atoms with Crippen LogP contribution in [0.2, 0.25) is 0 Å². The van der Waals surface area contributed by atoms with Crippen molar-refractivity contribution in [2.45, 2.75) is 31.0 Å². The Morgan fingerprint density at radius 1 is 1.21 bits per heavy atom. The SMILES string of the molecule is COc1cc(F)c(C(Br)C2CCCC2C)cc1OC. The summed E-state index contributed by atoms with van der Waals surface area (Å²) in [6.07, 6.45) is 3.59. The van der Waals surface area contributed by atoms with Gasteiger partial charge in [0.2, 0.25) is 0 Å². The first-order chi connectivity index (χ1) is 9.08. The second-order valence-electron chi connectivity index (χ2n) is 5.20. The molecule has 4 heteroatoms. The lowest BCUT2D eigenvalue weighted by Gasteiger charge is -2.23. The van der Waals surface area contributed by atoms with Crippen LogP contribution in [0.5, 0.6) is 11.5 Å². The van der Waals surface area contributed by atoms with Gasteiger partial charge in [0.15, 0.2) is 11.5 Å². The molecule has 0 bridgehead atoms. The summed E-state index contributed by atoms with van der Waals surface area (Å²) in [4.78, 5) is 0.0322. The van der Waals surface area contributed by atoms with E-state index in [1.807, 2.05) is 0 Å². The van der Waals surface area contributed by atoms with Gasteiger partial charge in [-0.05, 0) is 24.3 Å². The fourth-order valence-electron chi connectivity index (χ4n) is 2.92. The first-order valence-corrected chi connectivity index (χ1v) is 7.55. The summed E-state index contributed by atoms with van der Waals surface area (Å²) in [5, 5.41) is 0. The van der Waals surface area contributed by atoms with Gasteiger partial charge >= 0.3 is 0 Å². The standard InChI is InChI=1S/C15H20BrFO2/c1-9-5-4-6-10(9)15(16)11-7-13(18-2)14(19-3)8-12(11)17/h7-10,15H,4-6H2,1-3H3. The van der Waals surface area contributed by atoms with E-state index in [1.165, 1.54) is 26.0 Å². The van der Waals surface area contributed by atoms with Crippen molar-refractivity contribution < 1.29 is 13.9 Å². The lowest BCUT2D eigenvalue weighted by Crippen LogP contribution is -2.12. The van der Waals surface area contributed by atoms with Gasteiger partial charge in [0.1, 0.15) is 5.82 Å². The van der Waals surface area contributed by atoms with Crippen LogP contribution < -0.4 is 9.47 Å². The van der Waals surface area contributed by atoms with Crippen LogP contribution in [0, 0.1) is 17.7 Å². The molecule has 0 heterocycles. The predicted octanol–water partition coefficient (Wildman–Crippen LogP) is 4.72. The second kappa shape index (κ2) is 6.12. The molecule has 0 saturated heterocycles. The van der Waals surface area contributed by atoms with Crippen molar-refractivity contribution in [1.82, 2.24) is 0 Å². The Morgan fingerprint density at radius 3 is 2.37 bits per heavy atom. The molecule has 0 aliphatic heterocycles. The molecule has 19 heavy (non-hydrogen) atoms. The second-order valence-corrected chi connectivity index (χ2v) is 6.19. The summed E-state index contributed by atoms with van der Waals surface area (Å²) in [6, 6.07) is 3.15. The van der Waals surface area contributed by atoms with Crippen molar-refractivity contribution in [3.05, 3.63) is 23.5 Å². The summed E-state index contributed by atoms with van der Waals surface area (Å²) in [6.45, 7) is 2.24. The van der Waals surface area contributed by atoms with Gasteiger partial charge in [-0.15, -0.1) is 0 Å². The fraction of sp³-hybridized carbons (Fsp3) is 0.600. The summed E-state index contributed by atoms with van der Waals surface area (Å²) >= 11 is 3.68. The Hall–Kier alpha value is -0.770. The number of rotatable bonds is 4. The van der Waals surface area contributed by atoms with E-state index in [0.717, 1.165) is 6.42 Å². The molecule has 1 aliphatic rings. The molecule has 1 aromatic carbocycles. The third kappa shape index (κ3) is 2.88. The molecule has 106 valence electrons. The normalized spacial score (nSPS) is 24.3. The van der Waals surface area contributed by atoms with Crippen molar-refractivity contribution in [3.63, 3.8) is 0 Å². The Kier molecular flexibility index (Phi) is 4.71. The summed E-state index contributed by atoms with van der Waals surface area (Å²) in [5.74, 6) is 1.88. The number of ether oxygens (including phenoxy) is 2. The van der Waals surface area contributed by atoms with E-state index in [4.69, 9.17) is 9.47 Å². The van der Waals surface area contributed by atoms with Crippen molar-refractivity contribution >= 4 is 15.9 Å². The van der Waals surface area contributed by atoms with Crippen molar-refractivity contribution in [2.24, 2.45) is 11.8 Å². The predicted molar refractivity (Wildman–Crippen MR) is 77.7 cm³/mol. The first-order valence-electron chi connectivity index (χ1n) is 6.64. The molecule has 3 unspecified atom stereocenters. The minimum Gasteiger partial charge on any atom is -0.493 e. The smallest absolute Gasteiger partial charge is 0.163 e. The zero-order valence-corrected chi connectivity index (χ0v) is 13.2. The number of hydrogen-bond acceptors (Lipinski definition) is 2. The monoisotopic (exact) mass is 330 g/mol. The lowest BCUT2D eigenvalue weighted by molar-refractivity contribution is 0.349. The van der Waals surface area contributed by atoms with E-state index in [1.54, 1.807) is 13.2 Å². The summed E-state index contributed by atoms with van der Waals surface area (Å²) in [5.41, 5.74) is 0.663. The largest absolute Gasteiger partial charge is 0.493 e. The molecule has 1 aromatic rings. The average molecular weight is 331 g/mol. The van der Waals surface area contributed by atoms with E-state index in [-0.39, 0.29) is 10.6 Å². The fourth-order valence-corrected chi connectivity index (χ4v) is 4.06. The maximum Gasteiger partial charge on any atom is 0.163 e. The molecular weight excluding hydrogens is 311 g/mol. The molecule has 1 fully saturated rings. The minimum absolute atomic E-state index is 0.0322. The molecule has 3 atom stereocenters. The van der Waals surface area contributed by atoms with Crippen molar-refractivity contribution in [3.8, 4) is 11.5 Å². The molecule has 2 nitrogen and oxygen atoms in total. The summed E-state index contributed by atoms with van der Waals surface area (Å²) in [7, 11) is 3.09. The highest BCUT2D eigenvalue weighted by molar-refractivity contribution is 9.09. The van der Waals surface area contributed by atoms with Gasteiger partial charge in [-0.3, -0.25) is 0 Å². The topological polar surface area (TPSA) is 18.5 Å². The van der Waals surface area contributed by atoms with Gasteiger partial charge in [-0.25, -0.2) is 4.39 Å². The third-order valence-electron chi connectivity index (χ3n) is 4.10. The van der Waals surface area contributed by atoms with Gasteiger partial charge in [-0.1, -0.05) is 35.7 Å². The van der Waals surface area contributed by atoms with Crippen LogP contribution in [0.1, 0.15) is 36.6 Å². The van der Waals surface area contributed by atoms with E-state index in [9.17, 15) is 4.39 Å². The number of alkyl halides is 1. The molecule has 2 rings (SSSR count). The number of methoxy groups -OCH3 is 2. The van der Waals surface area contributed by atoms with Crippen LogP contribution in [0.15, 0.2) is 12.1 Å². The quantitative estimate of drug-likeness (QED) is 0.744.